The van der Waals surface area contributed by atoms with E-state index in [1.54, 1.807) is 0 Å². The van der Waals surface area contributed by atoms with Gasteiger partial charge >= 0.3 is 0 Å². The number of hydrogen-bond donors (Lipinski definition) is 0. The SMILES string of the molecule is C1=CC(c2ccc(-c3ccc4c(-c5ccccc5)c(-c5ccc(-c6ccccc6)c6ccccc56)ccc4c3-c3ccccc3)c3ccccc23)=CCC1. The van der Waals surface area contributed by atoms with Gasteiger partial charge in [0.05, 0.1) is 0 Å². The van der Waals surface area contributed by atoms with Gasteiger partial charge in [0.25, 0.3) is 0 Å². The standard InChI is InChI=1S/C54H38/c1-5-17-37(18-6-1)41-29-31-47(45-27-15-13-25-43(41)45)49-33-35-52-51(53(49)39-21-9-3-10-22-39)36-34-50(54(52)40-23-11-4-12-24-40)48-32-30-42(38-19-7-2-8-20-38)44-26-14-16-28-46(44)48/h1,3-7,9-36H,2,8H2. The highest BCUT2D eigenvalue weighted by Gasteiger charge is 2.21. The van der Waals surface area contributed by atoms with Gasteiger partial charge in [-0.25, -0.2) is 0 Å². The third kappa shape index (κ3) is 5.47. The number of benzene rings is 9. The van der Waals surface area contributed by atoms with E-state index in [0.29, 0.717) is 0 Å². The summed E-state index contributed by atoms with van der Waals surface area (Å²) in [5, 5.41) is 7.57. The molecule has 0 heterocycles. The minimum absolute atomic E-state index is 1.09. The van der Waals surface area contributed by atoms with Crippen molar-refractivity contribution < 1.29 is 0 Å². The lowest BCUT2D eigenvalue weighted by Gasteiger charge is -2.21. The van der Waals surface area contributed by atoms with Crippen LogP contribution in [0.25, 0.3) is 93.5 Å². The van der Waals surface area contributed by atoms with Gasteiger partial charge in [-0.15, -0.1) is 0 Å². The fourth-order valence-electron chi connectivity index (χ4n) is 8.69. The summed E-state index contributed by atoms with van der Waals surface area (Å²) in [6.07, 6.45) is 9.17. The molecule has 9 aromatic carbocycles. The lowest BCUT2D eigenvalue weighted by molar-refractivity contribution is 1.04. The van der Waals surface area contributed by atoms with E-state index >= 15 is 0 Å². The van der Waals surface area contributed by atoms with Crippen LogP contribution in [0, 0.1) is 0 Å². The van der Waals surface area contributed by atoms with Crippen LogP contribution in [0.5, 0.6) is 0 Å². The molecule has 254 valence electrons. The van der Waals surface area contributed by atoms with Crippen LogP contribution >= 0.6 is 0 Å². The van der Waals surface area contributed by atoms with Gasteiger partial charge in [0.15, 0.2) is 0 Å². The van der Waals surface area contributed by atoms with Crippen molar-refractivity contribution in [1.29, 1.82) is 0 Å². The molecule has 0 atom stereocenters. The summed E-state index contributed by atoms with van der Waals surface area (Å²) < 4.78 is 0. The molecular formula is C54H38. The van der Waals surface area contributed by atoms with Crippen molar-refractivity contribution in [3.05, 3.63) is 212 Å². The zero-order chi connectivity index (χ0) is 35.8. The van der Waals surface area contributed by atoms with Crippen molar-refractivity contribution in [2.75, 3.05) is 0 Å². The van der Waals surface area contributed by atoms with Crippen molar-refractivity contribution in [3.63, 3.8) is 0 Å². The first-order valence-corrected chi connectivity index (χ1v) is 19.0. The lowest BCUT2D eigenvalue weighted by Crippen LogP contribution is -1.95. The van der Waals surface area contributed by atoms with E-state index in [1.807, 2.05) is 0 Å². The molecule has 9 aromatic rings. The highest BCUT2D eigenvalue weighted by atomic mass is 14.2. The minimum atomic E-state index is 1.09. The predicted molar refractivity (Wildman–Crippen MR) is 232 cm³/mol. The number of fused-ring (bicyclic) bond motifs is 3. The van der Waals surface area contributed by atoms with Crippen molar-refractivity contribution in [2.24, 2.45) is 0 Å². The Morgan fingerprint density at radius 2 is 0.648 bits per heavy atom. The highest BCUT2D eigenvalue weighted by Crippen LogP contribution is 2.48. The highest BCUT2D eigenvalue weighted by molar-refractivity contribution is 6.17. The fourth-order valence-corrected chi connectivity index (χ4v) is 8.69. The van der Waals surface area contributed by atoms with Crippen LogP contribution in [0.2, 0.25) is 0 Å². The number of rotatable bonds is 6. The average Bonchev–Trinajstić information content (AvgIpc) is 3.26. The molecule has 0 spiro atoms. The maximum Gasteiger partial charge on any atom is -0.00264 e. The van der Waals surface area contributed by atoms with Crippen LogP contribution in [0.1, 0.15) is 18.4 Å². The monoisotopic (exact) mass is 686 g/mol. The summed E-state index contributed by atoms with van der Waals surface area (Å²) >= 11 is 0. The molecule has 0 amide bonds. The van der Waals surface area contributed by atoms with Crippen molar-refractivity contribution in [1.82, 2.24) is 0 Å². The fraction of sp³-hybridized carbons (Fsp3) is 0.0370. The average molecular weight is 687 g/mol. The molecule has 0 nitrogen and oxygen atoms in total. The van der Waals surface area contributed by atoms with E-state index in [4.69, 9.17) is 0 Å². The van der Waals surface area contributed by atoms with Gasteiger partial charge in [-0.1, -0.05) is 206 Å². The second-order valence-corrected chi connectivity index (χ2v) is 14.2. The topological polar surface area (TPSA) is 0 Å². The smallest absolute Gasteiger partial charge is 0.00264 e. The molecular weight excluding hydrogens is 649 g/mol. The Hall–Kier alpha value is -6.76. The van der Waals surface area contributed by atoms with Crippen LogP contribution in [0.15, 0.2) is 206 Å². The van der Waals surface area contributed by atoms with Crippen LogP contribution in [-0.4, -0.2) is 0 Å². The predicted octanol–water partition coefficient (Wildman–Crippen LogP) is 15.2. The quantitative estimate of drug-likeness (QED) is 0.163. The zero-order valence-electron chi connectivity index (χ0n) is 30.0. The normalized spacial score (nSPS) is 12.7. The first-order valence-electron chi connectivity index (χ1n) is 19.0. The largest absolute Gasteiger partial charge is 0.0836 e. The lowest BCUT2D eigenvalue weighted by atomic mass is 9.82. The molecule has 0 saturated heterocycles. The third-order valence-electron chi connectivity index (χ3n) is 11.1. The Morgan fingerprint density at radius 3 is 1.13 bits per heavy atom. The van der Waals surface area contributed by atoms with Crippen LogP contribution in [-0.2, 0) is 0 Å². The Morgan fingerprint density at radius 1 is 0.259 bits per heavy atom. The van der Waals surface area contributed by atoms with E-state index in [1.165, 1.54) is 99.1 Å². The number of hydrogen-bond acceptors (Lipinski definition) is 0. The van der Waals surface area contributed by atoms with Gasteiger partial charge < -0.3 is 0 Å². The van der Waals surface area contributed by atoms with E-state index in [0.717, 1.165) is 12.8 Å². The van der Waals surface area contributed by atoms with Gasteiger partial charge in [-0.3, -0.25) is 0 Å². The molecule has 0 bridgehead atoms. The van der Waals surface area contributed by atoms with Crippen LogP contribution in [0.4, 0.5) is 0 Å². The molecule has 0 aliphatic heterocycles. The Balaban J connectivity index is 1.26. The second-order valence-electron chi connectivity index (χ2n) is 14.2. The molecule has 0 unspecified atom stereocenters. The maximum atomic E-state index is 2.38. The summed E-state index contributed by atoms with van der Waals surface area (Å²) in [5.74, 6) is 0. The summed E-state index contributed by atoms with van der Waals surface area (Å²) in [6, 6.07) is 69.2. The molecule has 10 rings (SSSR count). The molecule has 0 N–H and O–H groups in total. The Kier molecular flexibility index (Phi) is 8.08. The Labute approximate surface area is 317 Å². The first-order chi connectivity index (χ1) is 26.8. The third-order valence-corrected chi connectivity index (χ3v) is 11.1. The van der Waals surface area contributed by atoms with Crippen LogP contribution in [0.3, 0.4) is 0 Å². The Bertz CT molecular complexity index is 2890. The van der Waals surface area contributed by atoms with E-state index in [-0.39, 0.29) is 0 Å². The second kappa shape index (κ2) is 13.7. The summed E-state index contributed by atoms with van der Waals surface area (Å²) in [4.78, 5) is 0. The van der Waals surface area contributed by atoms with E-state index in [9.17, 15) is 0 Å². The van der Waals surface area contributed by atoms with Gasteiger partial charge in [0.2, 0.25) is 0 Å². The number of allylic oxidation sites excluding steroid dienone is 4. The molecule has 1 aliphatic carbocycles. The van der Waals surface area contributed by atoms with Crippen molar-refractivity contribution >= 4 is 37.9 Å². The molecule has 0 heteroatoms. The summed E-state index contributed by atoms with van der Waals surface area (Å²) in [7, 11) is 0. The maximum absolute atomic E-state index is 2.38. The van der Waals surface area contributed by atoms with E-state index < -0.39 is 0 Å². The molecule has 0 fully saturated rings. The molecule has 0 radical (unpaired) electrons. The molecule has 54 heavy (non-hydrogen) atoms. The molecule has 0 aromatic heterocycles. The minimum Gasteiger partial charge on any atom is -0.0836 e. The van der Waals surface area contributed by atoms with Gasteiger partial charge in [-0.2, -0.15) is 0 Å². The molecule has 1 aliphatic rings. The van der Waals surface area contributed by atoms with Gasteiger partial charge in [-0.05, 0) is 112 Å². The molecule has 0 saturated carbocycles. The first kappa shape index (κ1) is 31.9. The summed E-state index contributed by atoms with van der Waals surface area (Å²) in [5.41, 5.74) is 15.0. The van der Waals surface area contributed by atoms with Crippen molar-refractivity contribution in [3.8, 4) is 55.6 Å². The van der Waals surface area contributed by atoms with Gasteiger partial charge in [0, 0.05) is 0 Å². The van der Waals surface area contributed by atoms with Crippen LogP contribution < -0.4 is 0 Å². The zero-order valence-corrected chi connectivity index (χ0v) is 30.0. The van der Waals surface area contributed by atoms with Crippen molar-refractivity contribution in [2.45, 2.75) is 12.8 Å². The van der Waals surface area contributed by atoms with E-state index in [2.05, 4.69) is 206 Å². The van der Waals surface area contributed by atoms with Gasteiger partial charge in [0.1, 0.15) is 0 Å². The summed E-state index contributed by atoms with van der Waals surface area (Å²) in [6.45, 7) is 0.